The van der Waals surface area contributed by atoms with E-state index in [0.29, 0.717) is 18.1 Å². The number of nitrogens with zero attached hydrogens (tertiary/aromatic N) is 2. The zero-order valence-corrected chi connectivity index (χ0v) is 11.4. The Bertz CT molecular complexity index is 396. The first kappa shape index (κ1) is 14.6. The van der Waals surface area contributed by atoms with Crippen LogP contribution in [0.5, 0.6) is 0 Å². The summed E-state index contributed by atoms with van der Waals surface area (Å²) in [5.74, 6) is 0.973. The first-order valence-corrected chi connectivity index (χ1v) is 6.06. The summed E-state index contributed by atoms with van der Waals surface area (Å²) >= 11 is 0. The first-order chi connectivity index (χ1) is 8.32. The van der Waals surface area contributed by atoms with E-state index in [9.17, 15) is 4.79 Å². The van der Waals surface area contributed by atoms with Gasteiger partial charge >= 0.3 is 0 Å². The van der Waals surface area contributed by atoms with Crippen LogP contribution in [-0.2, 0) is 16.6 Å². The number of nitrogens with one attached hydrogen (secondary N) is 1. The van der Waals surface area contributed by atoms with Crippen LogP contribution in [0.2, 0.25) is 0 Å². The number of aryl methyl sites for hydroxylation is 1. The molecular formula is C12H21N3O3. The molecular weight excluding hydrogens is 234 g/mol. The van der Waals surface area contributed by atoms with Gasteiger partial charge in [-0.05, 0) is 6.92 Å². The molecule has 0 aromatic carbocycles. The first-order valence-electron chi connectivity index (χ1n) is 6.06. The van der Waals surface area contributed by atoms with Gasteiger partial charge in [0.1, 0.15) is 0 Å². The van der Waals surface area contributed by atoms with Gasteiger partial charge in [-0.1, -0.05) is 25.9 Å². The molecule has 0 spiro atoms. The summed E-state index contributed by atoms with van der Waals surface area (Å²) < 4.78 is 5.08. The molecule has 0 fully saturated rings. The highest BCUT2D eigenvalue weighted by molar-refractivity contribution is 5.76. The fraction of sp³-hybridized carbons (Fsp3) is 0.750. The largest absolute Gasteiger partial charge is 0.394 e. The SMILES string of the molecule is CC(CO)NC(=O)CCc1nc(C(C)(C)C)no1. The van der Waals surface area contributed by atoms with Crippen LogP contribution in [-0.4, -0.2) is 33.8 Å². The number of hydrogen-bond donors (Lipinski definition) is 2. The van der Waals surface area contributed by atoms with E-state index in [2.05, 4.69) is 15.5 Å². The van der Waals surface area contributed by atoms with Gasteiger partial charge in [0.25, 0.3) is 0 Å². The smallest absolute Gasteiger partial charge is 0.227 e. The number of rotatable bonds is 5. The molecule has 0 bridgehead atoms. The van der Waals surface area contributed by atoms with Crippen LogP contribution in [0.25, 0.3) is 0 Å². The molecule has 1 rings (SSSR count). The average Bonchev–Trinajstić information content (AvgIpc) is 2.74. The number of amides is 1. The lowest BCUT2D eigenvalue weighted by atomic mass is 9.96. The van der Waals surface area contributed by atoms with Crippen molar-refractivity contribution in [1.29, 1.82) is 0 Å². The monoisotopic (exact) mass is 255 g/mol. The number of carbonyl (C=O) groups is 1. The molecule has 102 valence electrons. The summed E-state index contributed by atoms with van der Waals surface area (Å²) in [5, 5.41) is 15.3. The summed E-state index contributed by atoms with van der Waals surface area (Å²) in [6, 6.07) is -0.231. The fourth-order valence-corrected chi connectivity index (χ4v) is 1.27. The van der Waals surface area contributed by atoms with Gasteiger partial charge in [-0.25, -0.2) is 0 Å². The van der Waals surface area contributed by atoms with E-state index in [1.54, 1.807) is 6.92 Å². The number of aromatic nitrogens is 2. The van der Waals surface area contributed by atoms with Gasteiger partial charge in [0.15, 0.2) is 5.82 Å². The molecule has 1 heterocycles. The van der Waals surface area contributed by atoms with E-state index < -0.39 is 0 Å². The third-order valence-electron chi connectivity index (χ3n) is 2.39. The molecule has 0 radical (unpaired) electrons. The highest BCUT2D eigenvalue weighted by Gasteiger charge is 2.21. The Morgan fingerprint density at radius 2 is 2.17 bits per heavy atom. The topological polar surface area (TPSA) is 88.2 Å². The van der Waals surface area contributed by atoms with E-state index in [1.165, 1.54) is 0 Å². The second kappa shape index (κ2) is 5.95. The summed E-state index contributed by atoms with van der Waals surface area (Å²) in [5.41, 5.74) is -0.157. The second-order valence-corrected chi connectivity index (χ2v) is 5.41. The molecule has 0 aliphatic rings. The molecule has 1 amide bonds. The molecule has 0 aliphatic heterocycles. The highest BCUT2D eigenvalue weighted by atomic mass is 16.5. The molecule has 0 saturated carbocycles. The van der Waals surface area contributed by atoms with Crippen molar-refractivity contribution in [2.75, 3.05) is 6.61 Å². The lowest BCUT2D eigenvalue weighted by Gasteiger charge is -2.11. The molecule has 0 saturated heterocycles. The molecule has 1 unspecified atom stereocenters. The maximum atomic E-state index is 11.5. The van der Waals surface area contributed by atoms with Crippen LogP contribution >= 0.6 is 0 Å². The molecule has 6 heteroatoms. The second-order valence-electron chi connectivity index (χ2n) is 5.41. The predicted octanol–water partition coefficient (Wildman–Crippen LogP) is 0.797. The Kier molecular flexibility index (Phi) is 4.84. The number of hydrogen-bond acceptors (Lipinski definition) is 5. The van der Waals surface area contributed by atoms with Crippen molar-refractivity contribution < 1.29 is 14.4 Å². The minimum atomic E-state index is -0.231. The standard InChI is InChI=1S/C12H21N3O3/c1-8(7-16)13-9(17)5-6-10-14-11(15-18-10)12(2,3)4/h8,16H,5-7H2,1-4H3,(H,13,17). The Hall–Kier alpha value is -1.43. The van der Waals surface area contributed by atoms with Crippen LogP contribution < -0.4 is 5.32 Å². The van der Waals surface area contributed by atoms with Gasteiger partial charge in [-0.3, -0.25) is 4.79 Å². The van der Waals surface area contributed by atoms with Crippen LogP contribution in [0.15, 0.2) is 4.52 Å². The van der Waals surface area contributed by atoms with E-state index >= 15 is 0 Å². The van der Waals surface area contributed by atoms with Gasteiger partial charge < -0.3 is 14.9 Å². The van der Waals surface area contributed by atoms with Crippen molar-refractivity contribution >= 4 is 5.91 Å². The van der Waals surface area contributed by atoms with Crippen LogP contribution in [0.4, 0.5) is 0 Å². The summed E-state index contributed by atoms with van der Waals surface area (Å²) in [7, 11) is 0. The van der Waals surface area contributed by atoms with Crippen LogP contribution in [0, 0.1) is 0 Å². The van der Waals surface area contributed by atoms with E-state index in [0.717, 1.165) is 0 Å². The molecule has 18 heavy (non-hydrogen) atoms. The minimum absolute atomic E-state index is 0.0690. The lowest BCUT2D eigenvalue weighted by molar-refractivity contribution is -0.122. The minimum Gasteiger partial charge on any atom is -0.394 e. The average molecular weight is 255 g/mol. The normalized spacial score (nSPS) is 13.4. The Labute approximate surface area is 107 Å². The third kappa shape index (κ3) is 4.44. The van der Waals surface area contributed by atoms with E-state index in [1.807, 2.05) is 20.8 Å². The molecule has 0 aliphatic carbocycles. The van der Waals surface area contributed by atoms with Crippen molar-refractivity contribution in [3.63, 3.8) is 0 Å². The van der Waals surface area contributed by atoms with Gasteiger partial charge in [0, 0.05) is 24.3 Å². The van der Waals surface area contributed by atoms with Crippen LogP contribution in [0.1, 0.15) is 45.8 Å². The van der Waals surface area contributed by atoms with Gasteiger partial charge in [-0.15, -0.1) is 0 Å². The van der Waals surface area contributed by atoms with Crippen molar-refractivity contribution in [3.8, 4) is 0 Å². The molecule has 2 N–H and O–H groups in total. The third-order valence-corrected chi connectivity index (χ3v) is 2.39. The zero-order valence-electron chi connectivity index (χ0n) is 11.4. The van der Waals surface area contributed by atoms with Crippen molar-refractivity contribution in [2.45, 2.75) is 52.0 Å². The molecule has 1 aromatic rings. The van der Waals surface area contributed by atoms with Gasteiger partial charge in [-0.2, -0.15) is 4.98 Å². The number of aliphatic hydroxyl groups excluding tert-OH is 1. The maximum absolute atomic E-state index is 11.5. The highest BCUT2D eigenvalue weighted by Crippen LogP contribution is 2.18. The van der Waals surface area contributed by atoms with Crippen LogP contribution in [0.3, 0.4) is 0 Å². The number of aliphatic hydroxyl groups is 1. The van der Waals surface area contributed by atoms with Gasteiger partial charge in [0.05, 0.1) is 6.61 Å². The Morgan fingerprint density at radius 3 is 2.67 bits per heavy atom. The summed E-state index contributed by atoms with van der Waals surface area (Å²) in [6.45, 7) is 7.66. The Morgan fingerprint density at radius 1 is 1.50 bits per heavy atom. The summed E-state index contributed by atoms with van der Waals surface area (Å²) in [6.07, 6.45) is 0.684. The van der Waals surface area contributed by atoms with E-state index in [4.69, 9.17) is 9.63 Å². The predicted molar refractivity (Wildman–Crippen MR) is 66.0 cm³/mol. The summed E-state index contributed by atoms with van der Waals surface area (Å²) in [4.78, 5) is 15.7. The molecule has 6 nitrogen and oxygen atoms in total. The molecule has 1 atom stereocenters. The van der Waals surface area contributed by atoms with Crippen molar-refractivity contribution in [2.24, 2.45) is 0 Å². The van der Waals surface area contributed by atoms with Crippen molar-refractivity contribution in [1.82, 2.24) is 15.5 Å². The van der Waals surface area contributed by atoms with E-state index in [-0.39, 0.29) is 30.4 Å². The quantitative estimate of drug-likeness (QED) is 0.812. The lowest BCUT2D eigenvalue weighted by Crippen LogP contribution is -2.35. The molecule has 1 aromatic heterocycles. The van der Waals surface area contributed by atoms with Crippen molar-refractivity contribution in [3.05, 3.63) is 11.7 Å². The maximum Gasteiger partial charge on any atom is 0.227 e. The van der Waals surface area contributed by atoms with Gasteiger partial charge in [0.2, 0.25) is 11.8 Å². The fourth-order valence-electron chi connectivity index (χ4n) is 1.27. The Balaban J connectivity index is 2.45. The number of carbonyl (C=O) groups excluding carboxylic acids is 1. The zero-order chi connectivity index (χ0) is 13.8.